The zero-order chi connectivity index (χ0) is 10.6. The van der Waals surface area contributed by atoms with Gasteiger partial charge in [0.2, 0.25) is 0 Å². The van der Waals surface area contributed by atoms with Crippen LogP contribution in [0.15, 0.2) is 6.20 Å². The van der Waals surface area contributed by atoms with Crippen LogP contribution in [-0.2, 0) is 13.6 Å². The number of nitrogens with zero attached hydrogens (tertiary/aromatic N) is 4. The van der Waals surface area contributed by atoms with E-state index in [1.54, 1.807) is 4.68 Å². The maximum Gasteiger partial charge on any atom is 0.0967 e. The van der Waals surface area contributed by atoms with Crippen LogP contribution < -0.4 is 5.73 Å². The lowest BCUT2D eigenvalue weighted by atomic mass is 10.3. The van der Waals surface area contributed by atoms with Crippen molar-refractivity contribution in [2.24, 2.45) is 12.8 Å². The van der Waals surface area contributed by atoms with Gasteiger partial charge >= 0.3 is 0 Å². The summed E-state index contributed by atoms with van der Waals surface area (Å²) in [5.74, 6) is 0. The lowest BCUT2D eigenvalue weighted by molar-refractivity contribution is 0.216. The van der Waals surface area contributed by atoms with Crippen molar-refractivity contribution in [3.05, 3.63) is 11.9 Å². The van der Waals surface area contributed by atoms with Crippen molar-refractivity contribution in [1.29, 1.82) is 0 Å². The van der Waals surface area contributed by atoms with E-state index in [2.05, 4.69) is 29.1 Å². The Bertz CT molecular complexity index is 268. The van der Waals surface area contributed by atoms with Crippen molar-refractivity contribution in [3.63, 3.8) is 0 Å². The minimum atomic E-state index is 0.487. The number of hydrogen-bond acceptors (Lipinski definition) is 4. The first kappa shape index (κ1) is 11.1. The van der Waals surface area contributed by atoms with Gasteiger partial charge in [-0.3, -0.25) is 9.58 Å². The van der Waals surface area contributed by atoms with E-state index < -0.39 is 0 Å². The molecule has 1 rings (SSSR count). The van der Waals surface area contributed by atoms with Crippen molar-refractivity contribution in [2.45, 2.75) is 26.4 Å². The van der Waals surface area contributed by atoms with E-state index in [4.69, 9.17) is 5.73 Å². The molecule has 1 heterocycles. The highest BCUT2D eigenvalue weighted by Crippen LogP contribution is 2.03. The zero-order valence-electron chi connectivity index (χ0n) is 9.14. The third-order valence-corrected chi connectivity index (χ3v) is 2.16. The normalized spacial score (nSPS) is 11.6. The highest BCUT2D eigenvalue weighted by molar-refractivity contribution is 4.92. The standard InChI is InChI=1S/C9H19N5/c1-8(2)14(5-4-10)7-9-6-13(3)12-11-9/h6,8H,4-5,7,10H2,1-3H3. The Kier molecular flexibility index (Phi) is 4.03. The van der Waals surface area contributed by atoms with Crippen molar-refractivity contribution in [1.82, 2.24) is 19.9 Å². The molecular weight excluding hydrogens is 178 g/mol. The summed E-state index contributed by atoms with van der Waals surface area (Å²) in [4.78, 5) is 2.28. The summed E-state index contributed by atoms with van der Waals surface area (Å²) in [5, 5.41) is 7.95. The van der Waals surface area contributed by atoms with Crippen LogP contribution in [0.25, 0.3) is 0 Å². The maximum atomic E-state index is 5.54. The van der Waals surface area contributed by atoms with Crippen molar-refractivity contribution in [3.8, 4) is 0 Å². The van der Waals surface area contributed by atoms with Gasteiger partial charge in [-0.15, -0.1) is 5.10 Å². The summed E-state index contributed by atoms with van der Waals surface area (Å²) in [6.45, 7) is 6.72. The Balaban J connectivity index is 2.55. The van der Waals surface area contributed by atoms with Crippen LogP contribution in [0.5, 0.6) is 0 Å². The molecule has 5 nitrogen and oxygen atoms in total. The largest absolute Gasteiger partial charge is 0.329 e. The fourth-order valence-electron chi connectivity index (χ4n) is 1.36. The summed E-state index contributed by atoms with van der Waals surface area (Å²) in [6.07, 6.45) is 1.94. The first-order chi connectivity index (χ1) is 6.63. The number of aryl methyl sites for hydroxylation is 1. The van der Waals surface area contributed by atoms with E-state index in [-0.39, 0.29) is 0 Å². The molecule has 5 heteroatoms. The molecule has 0 saturated carbocycles. The lowest BCUT2D eigenvalue weighted by Gasteiger charge is -2.24. The fourth-order valence-corrected chi connectivity index (χ4v) is 1.36. The summed E-state index contributed by atoms with van der Waals surface area (Å²) < 4.78 is 1.72. The molecule has 0 saturated heterocycles. The summed E-state index contributed by atoms with van der Waals surface area (Å²) in [5.41, 5.74) is 6.54. The van der Waals surface area contributed by atoms with E-state index in [1.807, 2.05) is 13.2 Å². The number of rotatable bonds is 5. The molecule has 0 aliphatic carbocycles. The first-order valence-electron chi connectivity index (χ1n) is 4.92. The molecule has 0 unspecified atom stereocenters. The SMILES string of the molecule is CC(C)N(CCN)Cc1cn(C)nn1. The topological polar surface area (TPSA) is 60.0 Å². The van der Waals surface area contributed by atoms with Crippen LogP contribution in [0, 0.1) is 0 Å². The van der Waals surface area contributed by atoms with E-state index in [0.29, 0.717) is 12.6 Å². The number of aromatic nitrogens is 3. The summed E-state index contributed by atoms with van der Waals surface area (Å²) in [7, 11) is 1.87. The van der Waals surface area contributed by atoms with Crippen LogP contribution >= 0.6 is 0 Å². The van der Waals surface area contributed by atoms with Crippen LogP contribution in [0.2, 0.25) is 0 Å². The molecule has 0 amide bonds. The van der Waals surface area contributed by atoms with Gasteiger partial charge in [0.15, 0.2) is 0 Å². The Morgan fingerprint density at radius 2 is 2.29 bits per heavy atom. The molecule has 0 aromatic carbocycles. The summed E-state index contributed by atoms with van der Waals surface area (Å²) >= 11 is 0. The first-order valence-corrected chi connectivity index (χ1v) is 4.92. The quantitative estimate of drug-likeness (QED) is 0.721. The second-order valence-corrected chi connectivity index (χ2v) is 3.74. The van der Waals surface area contributed by atoms with Crippen LogP contribution in [0.4, 0.5) is 0 Å². The lowest BCUT2D eigenvalue weighted by Crippen LogP contribution is -2.34. The van der Waals surface area contributed by atoms with Gasteiger partial charge in [0.1, 0.15) is 0 Å². The molecule has 0 radical (unpaired) electrons. The third kappa shape index (κ3) is 3.08. The van der Waals surface area contributed by atoms with Gasteiger partial charge in [0, 0.05) is 38.9 Å². The number of nitrogens with two attached hydrogens (primary N) is 1. The fraction of sp³-hybridized carbons (Fsp3) is 0.778. The second kappa shape index (κ2) is 5.07. The van der Waals surface area contributed by atoms with Gasteiger partial charge in [0.05, 0.1) is 5.69 Å². The minimum Gasteiger partial charge on any atom is -0.329 e. The highest BCUT2D eigenvalue weighted by atomic mass is 15.4. The van der Waals surface area contributed by atoms with Crippen LogP contribution in [0.1, 0.15) is 19.5 Å². The third-order valence-electron chi connectivity index (χ3n) is 2.16. The van der Waals surface area contributed by atoms with Crippen molar-refractivity contribution >= 4 is 0 Å². The molecule has 2 N–H and O–H groups in total. The van der Waals surface area contributed by atoms with Gasteiger partial charge < -0.3 is 5.73 Å². The zero-order valence-corrected chi connectivity index (χ0v) is 9.14. The predicted molar refractivity (Wildman–Crippen MR) is 55.6 cm³/mol. The van der Waals surface area contributed by atoms with Crippen LogP contribution in [-0.4, -0.2) is 39.0 Å². The summed E-state index contributed by atoms with van der Waals surface area (Å²) in [6, 6.07) is 0.487. The van der Waals surface area contributed by atoms with E-state index in [0.717, 1.165) is 18.8 Å². The van der Waals surface area contributed by atoms with Gasteiger partial charge in [-0.1, -0.05) is 5.21 Å². The smallest absolute Gasteiger partial charge is 0.0967 e. The Morgan fingerprint density at radius 3 is 2.71 bits per heavy atom. The van der Waals surface area contributed by atoms with Gasteiger partial charge in [-0.25, -0.2) is 0 Å². The molecule has 14 heavy (non-hydrogen) atoms. The molecule has 1 aromatic rings. The Morgan fingerprint density at radius 1 is 1.57 bits per heavy atom. The van der Waals surface area contributed by atoms with Crippen molar-refractivity contribution < 1.29 is 0 Å². The van der Waals surface area contributed by atoms with Crippen molar-refractivity contribution in [2.75, 3.05) is 13.1 Å². The molecule has 0 atom stereocenters. The molecule has 0 bridgehead atoms. The monoisotopic (exact) mass is 197 g/mol. The average Bonchev–Trinajstić information content (AvgIpc) is 2.50. The predicted octanol–water partition coefficient (Wildman–Crippen LogP) is -0.0158. The molecular formula is C9H19N5. The van der Waals surface area contributed by atoms with Crippen LogP contribution in [0.3, 0.4) is 0 Å². The molecule has 80 valence electrons. The van der Waals surface area contributed by atoms with E-state index >= 15 is 0 Å². The van der Waals surface area contributed by atoms with Gasteiger partial charge in [-0.05, 0) is 13.8 Å². The van der Waals surface area contributed by atoms with Gasteiger partial charge in [-0.2, -0.15) is 0 Å². The van der Waals surface area contributed by atoms with E-state index in [9.17, 15) is 0 Å². The average molecular weight is 197 g/mol. The molecule has 0 spiro atoms. The van der Waals surface area contributed by atoms with E-state index in [1.165, 1.54) is 0 Å². The molecule has 1 aromatic heterocycles. The number of hydrogen-bond donors (Lipinski definition) is 1. The van der Waals surface area contributed by atoms with Gasteiger partial charge in [0.25, 0.3) is 0 Å². The minimum absolute atomic E-state index is 0.487. The second-order valence-electron chi connectivity index (χ2n) is 3.74. The molecule has 0 aliphatic rings. The molecule has 0 aliphatic heterocycles. The Labute approximate surface area is 84.9 Å². The Hall–Kier alpha value is -0.940. The highest BCUT2D eigenvalue weighted by Gasteiger charge is 2.10. The molecule has 0 fully saturated rings. The maximum absolute atomic E-state index is 5.54.